The number of hydrogen-bond donors (Lipinski definition) is 1. The Balaban J connectivity index is 1.88. The van der Waals surface area contributed by atoms with Crippen LogP contribution in [0.5, 0.6) is 0 Å². The van der Waals surface area contributed by atoms with Gasteiger partial charge in [0.2, 0.25) is 11.0 Å². The van der Waals surface area contributed by atoms with Gasteiger partial charge < -0.3 is 15.5 Å². The largest absolute Gasteiger partial charge is 0.374 e. The number of hydrogen-bond acceptors (Lipinski definition) is 7. The van der Waals surface area contributed by atoms with Gasteiger partial charge in [-0.2, -0.15) is 0 Å². The van der Waals surface area contributed by atoms with Crippen LogP contribution in [0, 0.1) is 0 Å². The van der Waals surface area contributed by atoms with E-state index in [1.807, 2.05) is 4.90 Å². The second-order valence-electron chi connectivity index (χ2n) is 4.75. The molecule has 8 heteroatoms. The summed E-state index contributed by atoms with van der Waals surface area (Å²) in [6.07, 6.45) is 1.03. The first-order chi connectivity index (χ1) is 9.06. The molecular formula is C11H19N5OS2. The lowest BCUT2D eigenvalue weighted by molar-refractivity contribution is -0.130. The maximum Gasteiger partial charge on any atom is 0.233 e. The molecule has 0 radical (unpaired) electrons. The van der Waals surface area contributed by atoms with Crippen molar-refractivity contribution < 1.29 is 4.79 Å². The zero-order valence-electron chi connectivity index (χ0n) is 11.2. The lowest BCUT2D eigenvalue weighted by Crippen LogP contribution is -2.42. The molecule has 0 aromatic carbocycles. The number of nitrogen functional groups attached to an aromatic ring is 1. The van der Waals surface area contributed by atoms with Crippen LogP contribution >= 0.6 is 23.1 Å². The molecule has 19 heavy (non-hydrogen) atoms. The molecule has 1 fully saturated rings. The topological polar surface area (TPSA) is 75.3 Å². The van der Waals surface area contributed by atoms with Gasteiger partial charge in [-0.05, 0) is 26.9 Å². The number of rotatable bonds is 3. The highest BCUT2D eigenvalue weighted by Crippen LogP contribution is 2.24. The number of aromatic nitrogens is 2. The summed E-state index contributed by atoms with van der Waals surface area (Å²) >= 11 is 2.73. The summed E-state index contributed by atoms with van der Waals surface area (Å²) in [7, 11) is 2.10. The molecule has 1 saturated heterocycles. The van der Waals surface area contributed by atoms with Gasteiger partial charge in [0.25, 0.3) is 0 Å². The van der Waals surface area contributed by atoms with E-state index in [-0.39, 0.29) is 11.9 Å². The average molecular weight is 301 g/mol. The quantitative estimate of drug-likeness (QED) is 0.831. The summed E-state index contributed by atoms with van der Waals surface area (Å²) in [5.74, 6) is 0.574. The number of nitrogens with zero attached hydrogens (tertiary/aromatic N) is 4. The molecule has 0 unspecified atom stereocenters. The van der Waals surface area contributed by atoms with Gasteiger partial charge in [0, 0.05) is 19.1 Å². The van der Waals surface area contributed by atoms with Gasteiger partial charge in [0.15, 0.2) is 4.34 Å². The second kappa shape index (κ2) is 6.53. The molecule has 0 bridgehead atoms. The zero-order chi connectivity index (χ0) is 13.8. The van der Waals surface area contributed by atoms with E-state index in [4.69, 9.17) is 5.73 Å². The van der Waals surface area contributed by atoms with Gasteiger partial charge >= 0.3 is 0 Å². The van der Waals surface area contributed by atoms with Gasteiger partial charge in [-0.15, -0.1) is 10.2 Å². The van der Waals surface area contributed by atoms with Crippen LogP contribution in [-0.2, 0) is 4.79 Å². The van der Waals surface area contributed by atoms with Crippen LogP contribution in [-0.4, -0.2) is 64.4 Å². The Morgan fingerprint density at radius 1 is 1.53 bits per heavy atom. The van der Waals surface area contributed by atoms with Crippen molar-refractivity contribution in [2.24, 2.45) is 0 Å². The zero-order valence-corrected chi connectivity index (χ0v) is 12.8. The fraction of sp³-hybridized carbons (Fsp3) is 0.727. The van der Waals surface area contributed by atoms with E-state index in [0.717, 1.165) is 30.4 Å². The fourth-order valence-corrected chi connectivity index (χ4v) is 3.75. The summed E-state index contributed by atoms with van der Waals surface area (Å²) < 4.78 is 0.755. The first-order valence-electron chi connectivity index (χ1n) is 6.26. The number of carbonyl (C=O) groups excluding carboxylic acids is 1. The number of amides is 1. The van der Waals surface area contributed by atoms with E-state index in [2.05, 4.69) is 29.1 Å². The Kier molecular flexibility index (Phi) is 5.00. The predicted molar refractivity (Wildman–Crippen MR) is 78.3 cm³/mol. The van der Waals surface area contributed by atoms with Crippen LogP contribution in [0.1, 0.15) is 13.3 Å². The number of nitrogens with two attached hydrogens (primary N) is 1. The predicted octanol–water partition coefficient (Wildman–Crippen LogP) is 0.765. The van der Waals surface area contributed by atoms with E-state index in [9.17, 15) is 4.79 Å². The Morgan fingerprint density at radius 3 is 3.00 bits per heavy atom. The molecule has 1 aliphatic rings. The lowest BCUT2D eigenvalue weighted by Gasteiger charge is -2.27. The normalized spacial score (nSPS) is 21.4. The lowest BCUT2D eigenvalue weighted by atomic mass is 10.3. The van der Waals surface area contributed by atoms with Gasteiger partial charge in [-0.25, -0.2) is 0 Å². The minimum absolute atomic E-state index is 0.168. The van der Waals surface area contributed by atoms with Crippen molar-refractivity contribution in [2.45, 2.75) is 23.7 Å². The highest BCUT2D eigenvalue weighted by Gasteiger charge is 2.24. The number of likely N-dealkylation sites (N-methyl/N-ethyl adjacent to an activating group) is 1. The third-order valence-corrected chi connectivity index (χ3v) is 4.98. The van der Waals surface area contributed by atoms with E-state index in [1.54, 1.807) is 0 Å². The van der Waals surface area contributed by atoms with Gasteiger partial charge in [-0.3, -0.25) is 4.79 Å². The Labute approximate surface area is 121 Å². The van der Waals surface area contributed by atoms with E-state index < -0.39 is 0 Å². The first-order valence-corrected chi connectivity index (χ1v) is 8.06. The highest BCUT2D eigenvalue weighted by atomic mass is 32.2. The van der Waals surface area contributed by atoms with Crippen LogP contribution in [0.25, 0.3) is 0 Å². The van der Waals surface area contributed by atoms with E-state index >= 15 is 0 Å². The first kappa shape index (κ1) is 14.5. The van der Waals surface area contributed by atoms with Crippen LogP contribution in [0.15, 0.2) is 4.34 Å². The highest BCUT2D eigenvalue weighted by molar-refractivity contribution is 8.01. The molecular weight excluding hydrogens is 282 g/mol. The molecule has 0 spiro atoms. The van der Waals surface area contributed by atoms with Crippen LogP contribution in [0.4, 0.5) is 5.13 Å². The molecule has 1 atom stereocenters. The summed E-state index contributed by atoms with van der Waals surface area (Å²) in [6.45, 7) is 4.92. The third-order valence-electron chi connectivity index (χ3n) is 3.11. The molecule has 0 saturated carbocycles. The standard InChI is InChI=1S/C11H19N5OS2/c1-8-6-15(2)4-3-5-16(8)9(17)7-18-11-14-13-10(12)19-11/h8H,3-7H2,1-2H3,(H2,12,13)/t8-/m1/s1. The molecule has 1 aromatic heterocycles. The van der Waals surface area contributed by atoms with E-state index in [0.29, 0.717) is 10.9 Å². The van der Waals surface area contributed by atoms with Gasteiger partial charge in [0.05, 0.1) is 5.75 Å². The summed E-state index contributed by atoms with van der Waals surface area (Å²) in [5, 5.41) is 8.10. The summed E-state index contributed by atoms with van der Waals surface area (Å²) in [6, 6.07) is 0.264. The maximum absolute atomic E-state index is 12.3. The molecule has 6 nitrogen and oxygen atoms in total. The van der Waals surface area contributed by atoms with Crippen molar-refractivity contribution in [3.05, 3.63) is 0 Å². The minimum Gasteiger partial charge on any atom is -0.374 e. The van der Waals surface area contributed by atoms with Crippen molar-refractivity contribution in [1.82, 2.24) is 20.0 Å². The second-order valence-corrected chi connectivity index (χ2v) is 6.98. The Bertz CT molecular complexity index is 438. The van der Waals surface area contributed by atoms with Crippen molar-refractivity contribution in [2.75, 3.05) is 38.2 Å². The fourth-order valence-electron chi connectivity index (χ4n) is 2.23. The molecule has 1 aliphatic heterocycles. The van der Waals surface area contributed by atoms with Crippen molar-refractivity contribution in [3.8, 4) is 0 Å². The molecule has 106 valence electrons. The molecule has 2 heterocycles. The van der Waals surface area contributed by atoms with Crippen LogP contribution in [0.3, 0.4) is 0 Å². The number of carbonyl (C=O) groups is 1. The van der Waals surface area contributed by atoms with Crippen molar-refractivity contribution in [3.63, 3.8) is 0 Å². The average Bonchev–Trinajstić information content (AvgIpc) is 2.69. The minimum atomic E-state index is 0.168. The van der Waals surface area contributed by atoms with Crippen LogP contribution in [0.2, 0.25) is 0 Å². The van der Waals surface area contributed by atoms with Crippen molar-refractivity contribution in [1.29, 1.82) is 0 Å². The van der Waals surface area contributed by atoms with Gasteiger partial charge in [0.1, 0.15) is 0 Å². The monoisotopic (exact) mass is 301 g/mol. The number of thioether (sulfide) groups is 1. The maximum atomic E-state index is 12.3. The van der Waals surface area contributed by atoms with Crippen LogP contribution < -0.4 is 5.73 Å². The molecule has 1 amide bonds. The summed E-state index contributed by atoms with van der Waals surface area (Å²) in [5.41, 5.74) is 5.52. The summed E-state index contributed by atoms with van der Waals surface area (Å²) in [4.78, 5) is 16.5. The molecule has 2 N–H and O–H groups in total. The SMILES string of the molecule is C[C@@H]1CN(C)CCCN1C(=O)CSc1nnc(N)s1. The Hall–Kier alpha value is -0.860. The number of anilines is 1. The smallest absolute Gasteiger partial charge is 0.233 e. The molecule has 0 aliphatic carbocycles. The Morgan fingerprint density at radius 2 is 2.32 bits per heavy atom. The third kappa shape index (κ3) is 4.05. The molecule has 1 aromatic rings. The van der Waals surface area contributed by atoms with Crippen molar-refractivity contribution >= 4 is 34.1 Å². The van der Waals surface area contributed by atoms with E-state index in [1.165, 1.54) is 23.1 Å². The van der Waals surface area contributed by atoms with Gasteiger partial charge in [-0.1, -0.05) is 23.1 Å². The molecule has 2 rings (SSSR count).